The average molecular weight is 498 g/mol. The van der Waals surface area contributed by atoms with E-state index in [1.807, 2.05) is 6.92 Å². The monoisotopic (exact) mass is 497 g/mol. The van der Waals surface area contributed by atoms with Crippen LogP contribution in [-0.2, 0) is 31.0 Å². The van der Waals surface area contributed by atoms with E-state index >= 15 is 0 Å². The summed E-state index contributed by atoms with van der Waals surface area (Å²) < 4.78 is 40.3. The fourth-order valence-corrected chi connectivity index (χ4v) is 4.52. The predicted octanol–water partition coefficient (Wildman–Crippen LogP) is 3.13. The van der Waals surface area contributed by atoms with E-state index in [9.17, 15) is 22.8 Å². The lowest BCUT2D eigenvalue weighted by Crippen LogP contribution is -2.27. The number of esters is 1. The SMILES string of the molecule is Cc1ccc(S(=O)(=O)Oc2ccc(C(=O)COC(=O)[C@@H]3CC(=O)N(Cc4ccco4)C3)cc2)cc1. The van der Waals surface area contributed by atoms with E-state index in [4.69, 9.17) is 13.3 Å². The molecule has 35 heavy (non-hydrogen) atoms. The Hall–Kier alpha value is -3.92. The van der Waals surface area contributed by atoms with Crippen LogP contribution >= 0.6 is 0 Å². The fourth-order valence-electron chi connectivity index (χ4n) is 3.59. The third-order valence-corrected chi connectivity index (χ3v) is 6.77. The third kappa shape index (κ3) is 5.96. The van der Waals surface area contributed by atoms with E-state index in [2.05, 4.69) is 0 Å². The van der Waals surface area contributed by atoms with Gasteiger partial charge in [-0.05, 0) is 55.5 Å². The highest BCUT2D eigenvalue weighted by atomic mass is 32.2. The van der Waals surface area contributed by atoms with Crippen LogP contribution in [0.5, 0.6) is 5.75 Å². The molecule has 1 saturated heterocycles. The van der Waals surface area contributed by atoms with Gasteiger partial charge in [0.15, 0.2) is 12.4 Å². The Bertz CT molecular complexity index is 1310. The summed E-state index contributed by atoms with van der Waals surface area (Å²) in [6.45, 7) is 1.80. The molecule has 0 N–H and O–H groups in total. The van der Waals surface area contributed by atoms with Crippen molar-refractivity contribution in [2.45, 2.75) is 24.8 Å². The summed E-state index contributed by atoms with van der Waals surface area (Å²) in [5.41, 5.74) is 1.14. The zero-order valence-electron chi connectivity index (χ0n) is 18.9. The van der Waals surface area contributed by atoms with Crippen molar-refractivity contribution >= 4 is 27.8 Å². The smallest absolute Gasteiger partial charge is 0.339 e. The summed E-state index contributed by atoms with van der Waals surface area (Å²) in [5.74, 6) is -1.29. The fraction of sp³-hybridized carbons (Fsp3) is 0.240. The minimum atomic E-state index is -4.01. The number of hydrogen-bond acceptors (Lipinski definition) is 8. The van der Waals surface area contributed by atoms with Gasteiger partial charge in [0.25, 0.3) is 0 Å². The van der Waals surface area contributed by atoms with Crippen LogP contribution in [-0.4, -0.2) is 44.1 Å². The van der Waals surface area contributed by atoms with E-state index in [0.29, 0.717) is 5.76 Å². The predicted molar refractivity (Wildman–Crippen MR) is 123 cm³/mol. The summed E-state index contributed by atoms with van der Waals surface area (Å²) in [6, 6.07) is 15.2. The first-order valence-electron chi connectivity index (χ1n) is 10.8. The number of hydrogen-bond donors (Lipinski definition) is 0. The summed E-state index contributed by atoms with van der Waals surface area (Å²) in [4.78, 5) is 38.5. The zero-order chi connectivity index (χ0) is 25.0. The van der Waals surface area contributed by atoms with Crippen molar-refractivity contribution in [3.63, 3.8) is 0 Å². The second kappa shape index (κ2) is 10.1. The highest BCUT2D eigenvalue weighted by Crippen LogP contribution is 2.22. The van der Waals surface area contributed by atoms with Crippen LogP contribution in [0.4, 0.5) is 0 Å². The molecule has 0 unspecified atom stereocenters. The molecule has 2 aromatic carbocycles. The molecule has 0 saturated carbocycles. The second-order valence-corrected chi connectivity index (χ2v) is 9.71. The van der Waals surface area contributed by atoms with Crippen molar-refractivity contribution < 1.29 is 36.1 Å². The number of benzene rings is 2. The molecule has 1 aliphatic heterocycles. The van der Waals surface area contributed by atoms with Crippen molar-refractivity contribution in [3.8, 4) is 5.75 Å². The maximum absolute atomic E-state index is 12.4. The number of Topliss-reactive ketones (excluding diaryl/α,β-unsaturated/α-hetero) is 1. The number of carbonyl (C=O) groups excluding carboxylic acids is 3. The summed E-state index contributed by atoms with van der Waals surface area (Å²) >= 11 is 0. The minimum Gasteiger partial charge on any atom is -0.467 e. The van der Waals surface area contributed by atoms with Gasteiger partial charge in [-0.25, -0.2) is 0 Å². The van der Waals surface area contributed by atoms with Gasteiger partial charge in [-0.1, -0.05) is 17.7 Å². The van der Waals surface area contributed by atoms with Gasteiger partial charge in [0, 0.05) is 18.5 Å². The van der Waals surface area contributed by atoms with Gasteiger partial charge in [-0.3, -0.25) is 14.4 Å². The van der Waals surface area contributed by atoms with Crippen molar-refractivity contribution in [2.75, 3.05) is 13.2 Å². The van der Waals surface area contributed by atoms with E-state index in [1.54, 1.807) is 24.3 Å². The molecule has 3 aromatic rings. The number of ether oxygens (including phenoxy) is 1. The highest BCUT2D eigenvalue weighted by molar-refractivity contribution is 7.87. The Morgan fingerprint density at radius 3 is 2.43 bits per heavy atom. The molecular formula is C25H23NO8S. The normalized spacial score (nSPS) is 15.7. The van der Waals surface area contributed by atoms with Crippen LogP contribution in [0.2, 0.25) is 0 Å². The van der Waals surface area contributed by atoms with E-state index < -0.39 is 34.4 Å². The van der Waals surface area contributed by atoms with E-state index in [-0.39, 0.29) is 41.6 Å². The maximum Gasteiger partial charge on any atom is 0.339 e. The summed E-state index contributed by atoms with van der Waals surface area (Å²) in [5, 5.41) is 0. The van der Waals surface area contributed by atoms with Gasteiger partial charge in [0.1, 0.15) is 16.4 Å². The minimum absolute atomic E-state index is 0.00915. The Balaban J connectivity index is 1.29. The van der Waals surface area contributed by atoms with Crippen molar-refractivity contribution in [1.29, 1.82) is 0 Å². The topological polar surface area (TPSA) is 120 Å². The Labute approximate surface area is 202 Å². The van der Waals surface area contributed by atoms with Gasteiger partial charge >= 0.3 is 16.1 Å². The van der Waals surface area contributed by atoms with Gasteiger partial charge in [0.2, 0.25) is 5.91 Å². The molecule has 4 rings (SSSR count). The molecule has 1 fully saturated rings. The number of aryl methyl sites for hydroxylation is 1. The molecule has 1 aliphatic rings. The van der Waals surface area contributed by atoms with Crippen molar-refractivity contribution in [1.82, 2.24) is 4.90 Å². The lowest BCUT2D eigenvalue weighted by molar-refractivity contribution is -0.147. The highest BCUT2D eigenvalue weighted by Gasteiger charge is 2.36. The van der Waals surface area contributed by atoms with Crippen molar-refractivity contribution in [2.24, 2.45) is 5.92 Å². The van der Waals surface area contributed by atoms with E-state index in [0.717, 1.165) is 5.56 Å². The van der Waals surface area contributed by atoms with Crippen LogP contribution in [0.1, 0.15) is 28.1 Å². The average Bonchev–Trinajstić information content (AvgIpc) is 3.48. The zero-order valence-corrected chi connectivity index (χ0v) is 19.7. The van der Waals surface area contributed by atoms with Crippen LogP contribution in [0.25, 0.3) is 0 Å². The molecule has 182 valence electrons. The van der Waals surface area contributed by atoms with Gasteiger partial charge in [0.05, 0.1) is 18.7 Å². The van der Waals surface area contributed by atoms with Gasteiger partial charge in [-0.2, -0.15) is 8.42 Å². The van der Waals surface area contributed by atoms with Gasteiger partial charge in [-0.15, -0.1) is 0 Å². The van der Waals surface area contributed by atoms with Crippen molar-refractivity contribution in [3.05, 3.63) is 83.8 Å². The molecule has 0 radical (unpaired) electrons. The van der Waals surface area contributed by atoms with Crippen LogP contribution in [0.15, 0.2) is 76.2 Å². The number of likely N-dealkylation sites (tertiary alicyclic amines) is 1. The number of ketones is 1. The molecule has 9 nitrogen and oxygen atoms in total. The first kappa shape index (κ1) is 24.2. The van der Waals surface area contributed by atoms with Crippen LogP contribution in [0, 0.1) is 12.8 Å². The number of amides is 1. The molecule has 1 atom stereocenters. The van der Waals surface area contributed by atoms with E-state index in [1.165, 1.54) is 47.6 Å². The molecule has 0 bridgehead atoms. The molecule has 2 heterocycles. The summed E-state index contributed by atoms with van der Waals surface area (Å²) in [6.07, 6.45) is 1.52. The Kier molecular flexibility index (Phi) is 7.02. The lowest BCUT2D eigenvalue weighted by atomic mass is 10.1. The molecule has 1 aromatic heterocycles. The maximum atomic E-state index is 12.4. The molecule has 1 amide bonds. The standard InChI is InChI=1S/C25H23NO8S/c1-17-4-10-22(11-5-17)35(30,31)34-20-8-6-18(7-9-20)23(27)16-33-25(29)19-13-24(28)26(14-19)15-21-3-2-12-32-21/h2-12,19H,13-16H2,1H3/t19-/m1/s1. The molecular weight excluding hydrogens is 474 g/mol. The number of rotatable bonds is 9. The quantitative estimate of drug-likeness (QED) is 0.251. The first-order chi connectivity index (χ1) is 16.7. The Morgan fingerprint density at radius 1 is 1.06 bits per heavy atom. The molecule has 0 spiro atoms. The number of nitrogens with zero attached hydrogens (tertiary/aromatic N) is 1. The molecule has 0 aliphatic carbocycles. The third-order valence-electron chi connectivity index (χ3n) is 5.51. The van der Waals surface area contributed by atoms with Crippen LogP contribution in [0.3, 0.4) is 0 Å². The van der Waals surface area contributed by atoms with Crippen LogP contribution < -0.4 is 4.18 Å². The van der Waals surface area contributed by atoms with Gasteiger partial charge < -0.3 is 18.2 Å². The number of carbonyl (C=O) groups is 3. The number of furan rings is 1. The lowest BCUT2D eigenvalue weighted by Gasteiger charge is -2.14. The second-order valence-electron chi connectivity index (χ2n) is 8.16. The largest absolute Gasteiger partial charge is 0.467 e. The summed E-state index contributed by atoms with van der Waals surface area (Å²) in [7, 11) is -4.01. The first-order valence-corrected chi connectivity index (χ1v) is 12.2. The molecule has 10 heteroatoms. The Morgan fingerprint density at radius 2 is 1.77 bits per heavy atom.